The van der Waals surface area contributed by atoms with E-state index in [2.05, 4.69) is 30.5 Å². The Morgan fingerprint density at radius 3 is 2.22 bits per heavy atom. The van der Waals surface area contributed by atoms with E-state index in [0.29, 0.717) is 24.5 Å². The fourth-order valence-corrected chi connectivity index (χ4v) is 7.27. The molecule has 5 aromatic rings. The predicted molar refractivity (Wildman–Crippen MR) is 197 cm³/mol. The first-order valence-electron chi connectivity index (χ1n) is 17.2. The first-order valence-corrected chi connectivity index (χ1v) is 18.6. The molecule has 9 heteroatoms. The van der Waals surface area contributed by atoms with Gasteiger partial charge >= 0.3 is 6.16 Å². The van der Waals surface area contributed by atoms with Crippen molar-refractivity contribution in [2.45, 2.75) is 90.2 Å². The lowest BCUT2D eigenvalue weighted by molar-refractivity contribution is 0.0207. The molecule has 0 atom stereocenters. The van der Waals surface area contributed by atoms with Gasteiger partial charge in [-0.15, -0.1) is 0 Å². The highest BCUT2D eigenvalue weighted by Crippen LogP contribution is 2.32. The van der Waals surface area contributed by atoms with E-state index < -0.39 is 21.8 Å². The van der Waals surface area contributed by atoms with Crippen LogP contribution in [0.5, 0.6) is 5.75 Å². The number of ether oxygens (including phenoxy) is 2. The third-order valence-corrected chi connectivity index (χ3v) is 10.1. The molecule has 0 aliphatic rings. The Balaban J connectivity index is 1.48. The summed E-state index contributed by atoms with van der Waals surface area (Å²) in [6, 6.07) is 30.0. The number of para-hydroxylation sites is 1. The van der Waals surface area contributed by atoms with Gasteiger partial charge in [-0.05, 0) is 81.1 Å². The number of sulfonamides is 1. The van der Waals surface area contributed by atoms with Crippen molar-refractivity contribution >= 4 is 32.9 Å². The normalized spacial score (nSPS) is 11.9. The van der Waals surface area contributed by atoms with Crippen LogP contribution in [0.15, 0.2) is 102 Å². The quantitative estimate of drug-likeness (QED) is 0.0659. The van der Waals surface area contributed by atoms with Crippen LogP contribution in [0.1, 0.15) is 78.1 Å². The third kappa shape index (κ3) is 8.89. The average molecular weight is 682 g/mol. The summed E-state index contributed by atoms with van der Waals surface area (Å²) in [5, 5.41) is 0. The fraction of sp³-hybridized carbons (Fsp3) is 0.350. The molecule has 5 rings (SSSR count). The van der Waals surface area contributed by atoms with E-state index in [1.807, 2.05) is 54.6 Å². The molecule has 0 aliphatic carbocycles. The number of fused-ring (bicyclic) bond motifs is 1. The van der Waals surface area contributed by atoms with Gasteiger partial charge in [0.05, 0.1) is 21.6 Å². The van der Waals surface area contributed by atoms with Gasteiger partial charge in [0.15, 0.2) is 0 Å². The number of aryl methyl sites for hydroxylation is 1. The standard InChI is InChI=1S/C40H47N3O5S/c1-6-8-15-27-43(49(45,46)33-16-11-10-12-17-33)32-25-26-35-36(28-32)42(38(41-35)20-9-7-2)29-30-21-23-31(24-22-30)34-18-13-14-19-37(34)47-39(44)48-40(3,4)5/h10-14,16-19,21-26,28H,6-9,15,20,27,29H2,1-5H3. The molecule has 4 aromatic carbocycles. The Morgan fingerprint density at radius 1 is 0.837 bits per heavy atom. The molecule has 0 amide bonds. The number of carbonyl (C=O) groups excluding carboxylic acids is 1. The van der Waals surface area contributed by atoms with Gasteiger partial charge in [-0.1, -0.05) is 93.8 Å². The van der Waals surface area contributed by atoms with E-state index >= 15 is 0 Å². The molecule has 0 saturated heterocycles. The van der Waals surface area contributed by atoms with Crippen molar-refractivity contribution in [1.29, 1.82) is 0 Å². The van der Waals surface area contributed by atoms with Crippen LogP contribution in [0.3, 0.4) is 0 Å². The van der Waals surface area contributed by atoms with Crippen LogP contribution in [0, 0.1) is 0 Å². The maximum Gasteiger partial charge on any atom is 0.514 e. The molecule has 0 bridgehead atoms. The molecule has 49 heavy (non-hydrogen) atoms. The molecule has 1 heterocycles. The van der Waals surface area contributed by atoms with E-state index in [9.17, 15) is 13.2 Å². The van der Waals surface area contributed by atoms with Crippen molar-refractivity contribution in [2.24, 2.45) is 0 Å². The molecule has 0 radical (unpaired) electrons. The predicted octanol–water partition coefficient (Wildman–Crippen LogP) is 9.79. The topological polar surface area (TPSA) is 90.7 Å². The van der Waals surface area contributed by atoms with Crippen LogP contribution >= 0.6 is 0 Å². The molecule has 1 aromatic heterocycles. The van der Waals surface area contributed by atoms with Crippen molar-refractivity contribution in [1.82, 2.24) is 9.55 Å². The summed E-state index contributed by atoms with van der Waals surface area (Å²) in [7, 11) is -3.77. The van der Waals surface area contributed by atoms with E-state index in [-0.39, 0.29) is 4.90 Å². The molecule has 0 fully saturated rings. The van der Waals surface area contributed by atoms with Gasteiger partial charge in [0.2, 0.25) is 0 Å². The van der Waals surface area contributed by atoms with Crippen molar-refractivity contribution in [2.75, 3.05) is 10.8 Å². The zero-order valence-corrected chi connectivity index (χ0v) is 30.0. The first-order chi connectivity index (χ1) is 23.5. The van der Waals surface area contributed by atoms with Crippen molar-refractivity contribution < 1.29 is 22.7 Å². The molecule has 0 N–H and O–H groups in total. The Hall–Kier alpha value is -4.63. The van der Waals surface area contributed by atoms with Gasteiger partial charge in [-0.25, -0.2) is 18.2 Å². The maximum atomic E-state index is 13.9. The summed E-state index contributed by atoms with van der Waals surface area (Å²) in [5.41, 5.74) is 4.45. The fourth-order valence-electron chi connectivity index (χ4n) is 5.76. The van der Waals surface area contributed by atoms with Crippen LogP contribution in [-0.4, -0.2) is 36.3 Å². The largest absolute Gasteiger partial charge is 0.514 e. The smallest absolute Gasteiger partial charge is 0.428 e. The lowest BCUT2D eigenvalue weighted by Gasteiger charge is -2.25. The van der Waals surface area contributed by atoms with E-state index in [0.717, 1.165) is 72.1 Å². The Morgan fingerprint density at radius 2 is 1.53 bits per heavy atom. The van der Waals surface area contributed by atoms with Crippen LogP contribution < -0.4 is 9.04 Å². The van der Waals surface area contributed by atoms with E-state index in [1.165, 1.54) is 0 Å². The minimum absolute atomic E-state index is 0.280. The average Bonchev–Trinajstić information content (AvgIpc) is 3.41. The summed E-state index contributed by atoms with van der Waals surface area (Å²) in [5.74, 6) is 1.39. The van der Waals surface area contributed by atoms with Gasteiger partial charge in [0.1, 0.15) is 17.2 Å². The highest BCUT2D eigenvalue weighted by molar-refractivity contribution is 7.92. The van der Waals surface area contributed by atoms with Gasteiger partial charge < -0.3 is 14.0 Å². The molecule has 0 saturated carbocycles. The minimum atomic E-state index is -3.77. The van der Waals surface area contributed by atoms with Crippen molar-refractivity contribution in [3.63, 3.8) is 0 Å². The zero-order valence-electron chi connectivity index (χ0n) is 29.2. The van der Waals surface area contributed by atoms with Crippen molar-refractivity contribution in [3.8, 4) is 16.9 Å². The van der Waals surface area contributed by atoms with Crippen LogP contribution in [0.25, 0.3) is 22.2 Å². The van der Waals surface area contributed by atoms with Gasteiger partial charge in [-0.3, -0.25) is 4.31 Å². The molecular weight excluding hydrogens is 635 g/mol. The lowest BCUT2D eigenvalue weighted by atomic mass is 10.0. The summed E-state index contributed by atoms with van der Waals surface area (Å²) >= 11 is 0. The number of hydrogen-bond donors (Lipinski definition) is 0. The maximum absolute atomic E-state index is 13.9. The van der Waals surface area contributed by atoms with E-state index in [4.69, 9.17) is 14.5 Å². The second-order valence-corrected chi connectivity index (χ2v) is 15.1. The third-order valence-electron chi connectivity index (χ3n) is 8.22. The molecule has 0 spiro atoms. The summed E-state index contributed by atoms with van der Waals surface area (Å²) in [6.07, 6.45) is 4.80. The molecule has 258 valence electrons. The summed E-state index contributed by atoms with van der Waals surface area (Å²) < 4.78 is 42.6. The monoisotopic (exact) mass is 681 g/mol. The summed E-state index contributed by atoms with van der Waals surface area (Å²) in [6.45, 7) is 10.6. The van der Waals surface area contributed by atoms with Gasteiger partial charge in [-0.2, -0.15) is 0 Å². The second kappa shape index (κ2) is 15.7. The number of aromatic nitrogens is 2. The zero-order chi connectivity index (χ0) is 35.0. The van der Waals surface area contributed by atoms with Crippen molar-refractivity contribution in [3.05, 3.63) is 108 Å². The van der Waals surface area contributed by atoms with Gasteiger partial charge in [0.25, 0.3) is 10.0 Å². The van der Waals surface area contributed by atoms with Gasteiger partial charge in [0, 0.05) is 25.1 Å². The molecule has 0 unspecified atom stereocenters. The van der Waals surface area contributed by atoms with Crippen LogP contribution in [0.2, 0.25) is 0 Å². The lowest BCUT2D eigenvalue weighted by Crippen LogP contribution is -2.32. The molecule has 0 aliphatic heterocycles. The first kappa shape index (κ1) is 35.7. The Bertz CT molecular complexity index is 1960. The minimum Gasteiger partial charge on any atom is -0.428 e. The number of rotatable bonds is 14. The van der Waals surface area contributed by atoms with Crippen LogP contribution in [0.4, 0.5) is 10.5 Å². The highest BCUT2D eigenvalue weighted by Gasteiger charge is 2.26. The number of benzene rings is 4. The van der Waals surface area contributed by atoms with Crippen LogP contribution in [-0.2, 0) is 27.7 Å². The van der Waals surface area contributed by atoms with E-state index in [1.54, 1.807) is 55.4 Å². The number of hydrogen-bond acceptors (Lipinski definition) is 6. The number of imidazole rings is 1. The number of nitrogens with zero attached hydrogens (tertiary/aromatic N) is 3. The number of unbranched alkanes of at least 4 members (excludes halogenated alkanes) is 3. The Kier molecular flexibility index (Phi) is 11.4. The second-order valence-electron chi connectivity index (χ2n) is 13.2. The SMILES string of the molecule is CCCCCN(c1ccc2nc(CCCC)n(Cc3ccc(-c4ccccc4OC(=O)OC(C)(C)C)cc3)c2c1)S(=O)(=O)c1ccccc1. The Labute approximate surface area is 290 Å². The highest BCUT2D eigenvalue weighted by atomic mass is 32.2. The molecule has 8 nitrogen and oxygen atoms in total. The number of carbonyl (C=O) groups is 1. The number of anilines is 1. The summed E-state index contributed by atoms with van der Waals surface area (Å²) in [4.78, 5) is 17.7. The molecular formula is C40H47N3O5S.